The zero-order chi connectivity index (χ0) is 19.4. The van der Waals surface area contributed by atoms with E-state index in [2.05, 4.69) is 15.5 Å². The maximum absolute atomic E-state index is 13.4. The fraction of sp³-hybridized carbons (Fsp3) is 0.636. The van der Waals surface area contributed by atoms with Crippen molar-refractivity contribution in [2.24, 2.45) is 11.3 Å². The van der Waals surface area contributed by atoms with Crippen LogP contribution in [-0.2, 0) is 19.9 Å². The highest BCUT2D eigenvalue weighted by molar-refractivity contribution is 6.09. The van der Waals surface area contributed by atoms with Crippen LogP contribution in [0, 0.1) is 11.3 Å². The number of ether oxygens (including phenoxy) is 1. The number of anilines is 1. The summed E-state index contributed by atoms with van der Waals surface area (Å²) in [6, 6.07) is 8.19. The molecule has 3 aliphatic heterocycles. The summed E-state index contributed by atoms with van der Waals surface area (Å²) in [7, 11) is 0. The van der Waals surface area contributed by atoms with E-state index >= 15 is 0 Å². The average Bonchev–Trinajstić information content (AvgIpc) is 3.05. The Kier molecular flexibility index (Phi) is 4.25. The van der Waals surface area contributed by atoms with Gasteiger partial charge < -0.3 is 15.4 Å². The van der Waals surface area contributed by atoms with Crippen LogP contribution in [0.3, 0.4) is 0 Å². The number of carbonyl (C=O) groups is 2. The van der Waals surface area contributed by atoms with Gasteiger partial charge in [0.15, 0.2) is 0 Å². The highest BCUT2D eigenvalue weighted by Gasteiger charge is 2.65. The van der Waals surface area contributed by atoms with Crippen molar-refractivity contribution >= 4 is 17.5 Å². The Morgan fingerprint density at radius 2 is 2.18 bits per heavy atom. The molecule has 4 aliphatic rings. The van der Waals surface area contributed by atoms with Gasteiger partial charge in [-0.1, -0.05) is 18.2 Å². The van der Waals surface area contributed by atoms with E-state index in [0.29, 0.717) is 25.8 Å². The summed E-state index contributed by atoms with van der Waals surface area (Å²) in [5.41, 5.74) is 1.08. The minimum Gasteiger partial charge on any atom is -0.381 e. The summed E-state index contributed by atoms with van der Waals surface area (Å²) >= 11 is 0. The van der Waals surface area contributed by atoms with Crippen molar-refractivity contribution in [1.29, 1.82) is 0 Å². The van der Waals surface area contributed by atoms with E-state index in [1.165, 1.54) is 0 Å². The van der Waals surface area contributed by atoms with Crippen molar-refractivity contribution in [1.82, 2.24) is 10.2 Å². The van der Waals surface area contributed by atoms with Crippen LogP contribution in [0.25, 0.3) is 0 Å². The van der Waals surface area contributed by atoms with Gasteiger partial charge in [-0.25, -0.2) is 0 Å². The first-order valence-electron chi connectivity index (χ1n) is 10.6. The van der Waals surface area contributed by atoms with Crippen LogP contribution in [-0.4, -0.2) is 49.1 Å². The summed E-state index contributed by atoms with van der Waals surface area (Å²) in [4.78, 5) is 29.0. The van der Waals surface area contributed by atoms with E-state index in [-0.39, 0.29) is 23.1 Å². The van der Waals surface area contributed by atoms with Crippen molar-refractivity contribution in [3.8, 4) is 0 Å². The van der Waals surface area contributed by atoms with Gasteiger partial charge in [-0.05, 0) is 51.6 Å². The molecule has 1 saturated carbocycles. The highest BCUT2D eigenvalue weighted by Crippen LogP contribution is 2.55. The molecular weight excluding hydrogens is 354 g/mol. The molecule has 3 atom stereocenters. The fourth-order valence-electron chi connectivity index (χ4n) is 5.65. The van der Waals surface area contributed by atoms with Gasteiger partial charge in [0.2, 0.25) is 11.8 Å². The molecule has 2 saturated heterocycles. The largest absolute Gasteiger partial charge is 0.381 e. The number of hydrogen-bond donors (Lipinski definition) is 2. The Morgan fingerprint density at radius 1 is 1.36 bits per heavy atom. The van der Waals surface area contributed by atoms with E-state index < -0.39 is 5.54 Å². The summed E-state index contributed by atoms with van der Waals surface area (Å²) in [6.45, 7) is 4.93. The standard InChI is InChI=1S/C22H29N3O3/c1-2-28-14-21(9-10-21)13-23-19(26)17-12-15-6-5-11-25(15)22(17)16-7-3-4-8-18(16)24-20(22)27/h3-4,7-8,15,17H,2,5-6,9-14H2,1H3,(H,23,26)(H,24,27)/t15-,17-,22+/m1/s1. The van der Waals surface area contributed by atoms with Gasteiger partial charge in [0.05, 0.1) is 12.5 Å². The Labute approximate surface area is 166 Å². The number of para-hydroxylation sites is 1. The third-order valence-corrected chi connectivity index (χ3v) is 7.30. The zero-order valence-corrected chi connectivity index (χ0v) is 16.5. The second kappa shape index (κ2) is 6.56. The van der Waals surface area contributed by atoms with E-state index in [9.17, 15) is 9.59 Å². The molecule has 6 nitrogen and oxygen atoms in total. The first-order chi connectivity index (χ1) is 13.6. The molecule has 3 heterocycles. The maximum atomic E-state index is 13.4. The lowest BCUT2D eigenvalue weighted by molar-refractivity contribution is -0.137. The van der Waals surface area contributed by atoms with E-state index in [1.807, 2.05) is 31.2 Å². The van der Waals surface area contributed by atoms with Gasteiger partial charge >= 0.3 is 0 Å². The molecule has 0 aromatic heterocycles. The highest BCUT2D eigenvalue weighted by atomic mass is 16.5. The molecule has 5 rings (SSSR count). The Hall–Kier alpha value is -1.92. The second-order valence-corrected chi connectivity index (χ2v) is 8.90. The van der Waals surface area contributed by atoms with Gasteiger partial charge in [0.1, 0.15) is 5.54 Å². The van der Waals surface area contributed by atoms with Crippen LogP contribution in [0.15, 0.2) is 24.3 Å². The number of fused-ring (bicyclic) bond motifs is 4. The van der Waals surface area contributed by atoms with Crippen LogP contribution in [0.4, 0.5) is 5.69 Å². The number of nitrogens with one attached hydrogen (secondary N) is 2. The van der Waals surface area contributed by atoms with Gasteiger partial charge in [-0.3, -0.25) is 14.5 Å². The molecule has 6 heteroatoms. The molecule has 2 N–H and O–H groups in total. The molecule has 2 amide bonds. The van der Waals surface area contributed by atoms with Crippen LogP contribution in [0.2, 0.25) is 0 Å². The lowest BCUT2D eigenvalue weighted by atomic mass is 9.78. The zero-order valence-electron chi connectivity index (χ0n) is 16.5. The first-order valence-corrected chi connectivity index (χ1v) is 10.6. The van der Waals surface area contributed by atoms with Crippen molar-refractivity contribution < 1.29 is 14.3 Å². The quantitative estimate of drug-likeness (QED) is 0.791. The van der Waals surface area contributed by atoms with E-state index in [4.69, 9.17) is 4.74 Å². The van der Waals surface area contributed by atoms with E-state index in [0.717, 1.165) is 49.9 Å². The lowest BCUT2D eigenvalue weighted by Crippen LogP contribution is -2.54. The van der Waals surface area contributed by atoms with Crippen molar-refractivity contribution in [3.05, 3.63) is 29.8 Å². The molecule has 150 valence electrons. The third kappa shape index (κ3) is 2.54. The molecular formula is C22H29N3O3. The molecule has 28 heavy (non-hydrogen) atoms. The minimum atomic E-state index is -0.849. The van der Waals surface area contributed by atoms with Gasteiger partial charge in [-0.2, -0.15) is 0 Å². The Bertz CT molecular complexity index is 806. The number of hydrogen-bond acceptors (Lipinski definition) is 4. The minimum absolute atomic E-state index is 0.0176. The normalized spacial score (nSPS) is 32.2. The topological polar surface area (TPSA) is 70.7 Å². The summed E-state index contributed by atoms with van der Waals surface area (Å²) in [5, 5.41) is 6.26. The van der Waals surface area contributed by atoms with Crippen LogP contribution in [0.5, 0.6) is 0 Å². The number of rotatable bonds is 6. The number of benzene rings is 1. The number of carbonyl (C=O) groups excluding carboxylic acids is 2. The second-order valence-electron chi connectivity index (χ2n) is 8.90. The number of amides is 2. The fourth-order valence-corrected chi connectivity index (χ4v) is 5.65. The monoisotopic (exact) mass is 383 g/mol. The molecule has 1 aromatic carbocycles. The molecule has 1 aromatic rings. The van der Waals surface area contributed by atoms with Gasteiger partial charge in [0.25, 0.3) is 0 Å². The maximum Gasteiger partial charge on any atom is 0.250 e. The molecule has 1 spiro atoms. The molecule has 0 unspecified atom stereocenters. The Balaban J connectivity index is 1.42. The predicted octanol–water partition coefficient (Wildman–Crippen LogP) is 2.25. The average molecular weight is 383 g/mol. The predicted molar refractivity (Wildman–Crippen MR) is 106 cm³/mol. The number of nitrogens with zero attached hydrogens (tertiary/aromatic N) is 1. The molecule has 3 fully saturated rings. The molecule has 0 radical (unpaired) electrons. The summed E-state index contributed by atoms with van der Waals surface area (Å²) < 4.78 is 5.61. The third-order valence-electron chi connectivity index (χ3n) is 7.30. The summed E-state index contributed by atoms with van der Waals surface area (Å²) in [5.74, 6) is -0.359. The van der Waals surface area contributed by atoms with Crippen molar-refractivity contribution in [2.45, 2.75) is 50.6 Å². The van der Waals surface area contributed by atoms with E-state index in [1.54, 1.807) is 0 Å². The van der Waals surface area contributed by atoms with Gasteiger partial charge in [-0.15, -0.1) is 0 Å². The van der Waals surface area contributed by atoms with Crippen molar-refractivity contribution in [3.63, 3.8) is 0 Å². The first kappa shape index (κ1) is 18.1. The summed E-state index contributed by atoms with van der Waals surface area (Å²) in [6.07, 6.45) is 5.11. The smallest absolute Gasteiger partial charge is 0.250 e. The van der Waals surface area contributed by atoms with Crippen LogP contribution < -0.4 is 10.6 Å². The SMILES string of the molecule is CCOCC1(CNC(=O)[C@H]2C[C@H]3CCCN3[C@]23C(=O)Nc2ccccc23)CC1. The van der Waals surface area contributed by atoms with Crippen molar-refractivity contribution in [2.75, 3.05) is 31.6 Å². The molecule has 0 bridgehead atoms. The lowest BCUT2D eigenvalue weighted by Gasteiger charge is -2.36. The molecule has 1 aliphatic carbocycles. The van der Waals surface area contributed by atoms with Gasteiger partial charge in [0, 0.05) is 35.9 Å². The van der Waals surface area contributed by atoms with Crippen LogP contribution >= 0.6 is 0 Å². The Morgan fingerprint density at radius 3 is 2.96 bits per heavy atom. The van der Waals surface area contributed by atoms with Crippen LogP contribution in [0.1, 0.15) is 44.6 Å².